The summed E-state index contributed by atoms with van der Waals surface area (Å²) >= 11 is 0. The molecule has 4 heteroatoms. The van der Waals surface area contributed by atoms with Crippen LogP contribution < -0.4 is 4.74 Å². The lowest BCUT2D eigenvalue weighted by Crippen LogP contribution is -2.11. The molecule has 0 unspecified atom stereocenters. The van der Waals surface area contributed by atoms with Crippen molar-refractivity contribution in [1.29, 1.82) is 0 Å². The molecule has 132 valence electrons. The van der Waals surface area contributed by atoms with Gasteiger partial charge in [-0.15, -0.1) is 0 Å². The van der Waals surface area contributed by atoms with Gasteiger partial charge in [-0.05, 0) is 30.2 Å². The molecule has 1 aromatic heterocycles. The minimum atomic E-state index is 0.169. The summed E-state index contributed by atoms with van der Waals surface area (Å²) in [6.45, 7) is 1.35. The zero-order chi connectivity index (χ0) is 17.8. The maximum absolute atomic E-state index is 5.92. The fourth-order valence-corrected chi connectivity index (χ4v) is 3.31. The zero-order valence-corrected chi connectivity index (χ0v) is 14.8. The van der Waals surface area contributed by atoms with Crippen molar-refractivity contribution in [3.63, 3.8) is 0 Å². The molecule has 0 aliphatic carbocycles. The average molecular weight is 346 g/mol. The predicted octanol–water partition coefficient (Wildman–Crippen LogP) is 3.93. The summed E-state index contributed by atoms with van der Waals surface area (Å²) in [5.74, 6) is 1.62. The predicted molar refractivity (Wildman–Crippen MR) is 103 cm³/mol. The maximum Gasteiger partial charge on any atom is 0.233 e. The molecule has 2 heterocycles. The van der Waals surface area contributed by atoms with Crippen molar-refractivity contribution in [2.45, 2.75) is 19.0 Å². The Balaban J connectivity index is 1.52. The molecule has 4 rings (SSSR count). The van der Waals surface area contributed by atoms with Gasteiger partial charge in [0, 0.05) is 11.8 Å². The van der Waals surface area contributed by atoms with Crippen LogP contribution in [0.25, 0.3) is 0 Å². The van der Waals surface area contributed by atoms with Gasteiger partial charge in [0.1, 0.15) is 18.1 Å². The van der Waals surface area contributed by atoms with E-state index in [2.05, 4.69) is 47.2 Å². The Morgan fingerprint density at radius 1 is 1.04 bits per heavy atom. The summed E-state index contributed by atoms with van der Waals surface area (Å²) in [4.78, 5) is 4.81. The summed E-state index contributed by atoms with van der Waals surface area (Å²) in [7, 11) is 1.70. The third kappa shape index (κ3) is 3.49. The summed E-state index contributed by atoms with van der Waals surface area (Å²) in [6.07, 6.45) is 2.95. The monoisotopic (exact) mass is 346 g/mol. The molecule has 26 heavy (non-hydrogen) atoms. The fourth-order valence-electron chi connectivity index (χ4n) is 3.31. The number of ether oxygens (including phenoxy) is 2. The van der Waals surface area contributed by atoms with Crippen molar-refractivity contribution in [3.05, 3.63) is 89.7 Å². The molecule has 0 bridgehead atoms. The van der Waals surface area contributed by atoms with Gasteiger partial charge in [0.2, 0.25) is 5.90 Å². The molecule has 2 aromatic carbocycles. The van der Waals surface area contributed by atoms with Crippen LogP contribution >= 0.6 is 0 Å². The largest absolute Gasteiger partial charge is 0.496 e. The normalized spacial score (nSPS) is 16.2. The van der Waals surface area contributed by atoms with Gasteiger partial charge in [0.05, 0.1) is 19.7 Å². The molecule has 1 atom stereocenters. The standard InChI is InChI=1S/C22H22N2O2/c1-25-21-12-6-5-10-18(21)15-24-13-7-11-20(24)22-23-19(16-26-22)14-17-8-3-2-4-9-17/h2-13,19H,14-16H2,1H3/t19-/m1/s1. The SMILES string of the molecule is COc1ccccc1Cn1cccc1C1=N[C@H](Cc2ccccc2)CO1. The first kappa shape index (κ1) is 16.5. The second-order valence-electron chi connectivity index (χ2n) is 6.42. The number of aliphatic imine (C=N–C) groups is 1. The zero-order valence-electron chi connectivity index (χ0n) is 14.8. The molecule has 0 spiro atoms. The highest BCUT2D eigenvalue weighted by Crippen LogP contribution is 2.21. The Bertz CT molecular complexity index is 899. The molecule has 1 aliphatic heterocycles. The van der Waals surface area contributed by atoms with E-state index < -0.39 is 0 Å². The van der Waals surface area contributed by atoms with Gasteiger partial charge in [-0.2, -0.15) is 0 Å². The van der Waals surface area contributed by atoms with Crippen LogP contribution in [0.3, 0.4) is 0 Å². The van der Waals surface area contributed by atoms with Gasteiger partial charge < -0.3 is 14.0 Å². The van der Waals surface area contributed by atoms with Crippen molar-refractivity contribution in [2.24, 2.45) is 4.99 Å². The van der Waals surface area contributed by atoms with Gasteiger partial charge in [0.25, 0.3) is 0 Å². The molecule has 0 saturated heterocycles. The van der Waals surface area contributed by atoms with E-state index in [1.165, 1.54) is 5.56 Å². The lowest BCUT2D eigenvalue weighted by Gasteiger charge is -2.12. The summed E-state index contributed by atoms with van der Waals surface area (Å²) in [5, 5.41) is 0. The van der Waals surface area contributed by atoms with Crippen LogP contribution in [0.1, 0.15) is 16.8 Å². The molecule has 0 radical (unpaired) electrons. The van der Waals surface area contributed by atoms with E-state index in [1.807, 2.05) is 30.3 Å². The lowest BCUT2D eigenvalue weighted by atomic mass is 10.1. The number of aromatic nitrogens is 1. The Morgan fingerprint density at radius 3 is 2.69 bits per heavy atom. The second-order valence-corrected chi connectivity index (χ2v) is 6.42. The van der Waals surface area contributed by atoms with E-state index in [0.29, 0.717) is 6.61 Å². The van der Waals surface area contributed by atoms with Gasteiger partial charge in [-0.3, -0.25) is 0 Å². The van der Waals surface area contributed by atoms with Gasteiger partial charge >= 0.3 is 0 Å². The molecule has 0 saturated carbocycles. The fraction of sp³-hybridized carbons (Fsp3) is 0.227. The van der Waals surface area contributed by atoms with Gasteiger partial charge in [-0.25, -0.2) is 4.99 Å². The number of methoxy groups -OCH3 is 1. The minimum absolute atomic E-state index is 0.169. The van der Waals surface area contributed by atoms with Crippen molar-refractivity contribution < 1.29 is 9.47 Å². The number of hydrogen-bond donors (Lipinski definition) is 0. The summed E-state index contributed by atoms with van der Waals surface area (Å²) < 4.78 is 13.5. The number of benzene rings is 2. The molecule has 0 N–H and O–H groups in total. The third-order valence-corrected chi connectivity index (χ3v) is 4.61. The first-order valence-corrected chi connectivity index (χ1v) is 8.85. The number of para-hydroxylation sites is 1. The number of nitrogens with zero attached hydrogens (tertiary/aromatic N) is 2. The van der Waals surface area contributed by atoms with E-state index in [9.17, 15) is 0 Å². The van der Waals surface area contributed by atoms with Crippen molar-refractivity contribution in [2.75, 3.05) is 13.7 Å². The van der Waals surface area contributed by atoms with Crippen LogP contribution in [0.2, 0.25) is 0 Å². The Kier molecular flexibility index (Phi) is 4.73. The lowest BCUT2D eigenvalue weighted by molar-refractivity contribution is 0.315. The summed E-state index contributed by atoms with van der Waals surface area (Å²) in [5.41, 5.74) is 3.42. The van der Waals surface area contributed by atoms with E-state index in [0.717, 1.165) is 35.9 Å². The van der Waals surface area contributed by atoms with Gasteiger partial charge in [-0.1, -0.05) is 48.5 Å². The highest BCUT2D eigenvalue weighted by molar-refractivity contribution is 5.93. The van der Waals surface area contributed by atoms with E-state index in [-0.39, 0.29) is 6.04 Å². The van der Waals surface area contributed by atoms with Crippen LogP contribution in [0.4, 0.5) is 0 Å². The molecule has 4 nitrogen and oxygen atoms in total. The first-order chi connectivity index (χ1) is 12.8. The summed E-state index contributed by atoms with van der Waals surface area (Å²) in [6, 6.07) is 22.8. The first-order valence-electron chi connectivity index (χ1n) is 8.85. The molecule has 0 amide bonds. The van der Waals surface area contributed by atoms with Crippen LogP contribution in [-0.4, -0.2) is 30.2 Å². The van der Waals surface area contributed by atoms with Crippen molar-refractivity contribution in [1.82, 2.24) is 4.57 Å². The van der Waals surface area contributed by atoms with Crippen molar-refractivity contribution >= 4 is 5.90 Å². The number of hydrogen-bond acceptors (Lipinski definition) is 3. The topological polar surface area (TPSA) is 35.8 Å². The molecule has 0 fully saturated rings. The molecular formula is C22H22N2O2. The smallest absolute Gasteiger partial charge is 0.233 e. The molecular weight excluding hydrogens is 324 g/mol. The quantitative estimate of drug-likeness (QED) is 0.678. The van der Waals surface area contributed by atoms with Crippen LogP contribution in [0, 0.1) is 0 Å². The van der Waals surface area contributed by atoms with E-state index in [1.54, 1.807) is 7.11 Å². The highest BCUT2D eigenvalue weighted by Gasteiger charge is 2.22. The Hall–Kier alpha value is -3.01. The van der Waals surface area contributed by atoms with E-state index >= 15 is 0 Å². The van der Waals surface area contributed by atoms with Crippen LogP contribution in [0.15, 0.2) is 77.9 Å². The average Bonchev–Trinajstić information content (AvgIpc) is 3.32. The number of rotatable bonds is 6. The Labute approximate surface area is 153 Å². The molecule has 3 aromatic rings. The van der Waals surface area contributed by atoms with Crippen LogP contribution in [-0.2, 0) is 17.7 Å². The molecule has 1 aliphatic rings. The highest BCUT2D eigenvalue weighted by atomic mass is 16.5. The van der Waals surface area contributed by atoms with E-state index in [4.69, 9.17) is 14.5 Å². The second kappa shape index (κ2) is 7.48. The maximum atomic E-state index is 5.92. The third-order valence-electron chi connectivity index (χ3n) is 4.61. The minimum Gasteiger partial charge on any atom is -0.496 e. The van der Waals surface area contributed by atoms with Crippen LogP contribution in [0.5, 0.6) is 5.75 Å². The Morgan fingerprint density at radius 2 is 1.85 bits per heavy atom. The van der Waals surface area contributed by atoms with Crippen molar-refractivity contribution in [3.8, 4) is 5.75 Å². The van der Waals surface area contributed by atoms with Gasteiger partial charge in [0.15, 0.2) is 0 Å².